The smallest absolute Gasteiger partial charge is 0.336 e. The zero-order valence-corrected chi connectivity index (χ0v) is 15.8. The first-order chi connectivity index (χ1) is 13.5. The number of esters is 1. The number of carbonyl (C=O) groups is 3. The van der Waals surface area contributed by atoms with E-state index in [1.54, 1.807) is 54.3 Å². The Morgan fingerprint density at radius 1 is 0.964 bits per heavy atom. The monoisotopic (exact) mass is 381 g/mol. The molecule has 1 fully saturated rings. The Hall–Kier alpha value is -3.15. The van der Waals surface area contributed by atoms with E-state index in [1.807, 2.05) is 0 Å². The number of rotatable bonds is 5. The molecule has 0 saturated carbocycles. The third-order valence-corrected chi connectivity index (χ3v) is 5.01. The highest BCUT2D eigenvalue weighted by atomic mass is 16.5. The maximum absolute atomic E-state index is 13.1. The molecule has 1 aliphatic heterocycles. The summed E-state index contributed by atoms with van der Waals surface area (Å²) in [6.07, 6.45) is 1.14. The van der Waals surface area contributed by atoms with Crippen LogP contribution in [0.5, 0.6) is 0 Å². The van der Waals surface area contributed by atoms with Crippen molar-refractivity contribution < 1.29 is 24.2 Å². The first kappa shape index (κ1) is 19.6. The Balaban J connectivity index is 1.84. The average Bonchev–Trinajstić information content (AvgIpc) is 2.73. The van der Waals surface area contributed by atoms with Crippen LogP contribution in [0, 0.1) is 5.92 Å². The Labute approximate surface area is 163 Å². The molecule has 3 rings (SSSR count). The van der Waals surface area contributed by atoms with Crippen molar-refractivity contribution in [1.82, 2.24) is 4.90 Å². The second-order valence-electron chi connectivity index (χ2n) is 6.71. The van der Waals surface area contributed by atoms with Gasteiger partial charge < -0.3 is 14.7 Å². The highest BCUT2D eigenvalue weighted by molar-refractivity contribution is 6.04. The van der Waals surface area contributed by atoms with Crippen molar-refractivity contribution in [3.8, 4) is 11.1 Å². The van der Waals surface area contributed by atoms with Gasteiger partial charge in [0.1, 0.15) is 0 Å². The lowest BCUT2D eigenvalue weighted by atomic mass is 9.93. The topological polar surface area (TPSA) is 83.9 Å². The van der Waals surface area contributed by atoms with Crippen LogP contribution in [0.1, 0.15) is 40.5 Å². The highest BCUT2D eigenvalue weighted by Crippen LogP contribution is 2.29. The fourth-order valence-corrected chi connectivity index (χ4v) is 3.56. The number of hydrogen-bond donors (Lipinski definition) is 1. The molecule has 1 amide bonds. The lowest BCUT2D eigenvalue weighted by Gasteiger charge is -2.31. The predicted octanol–water partition coefficient (Wildman–Crippen LogP) is 3.47. The molecule has 1 aliphatic rings. The Morgan fingerprint density at radius 2 is 1.50 bits per heavy atom. The summed E-state index contributed by atoms with van der Waals surface area (Å²) in [6.45, 7) is 3.07. The Kier molecular flexibility index (Phi) is 6.09. The standard InChI is InChI=1S/C22H23NO5/c1-2-28-22(27)15-11-13-23(14-12-15)20(24)18-9-5-3-7-16(18)17-8-4-6-10-19(17)21(25)26/h3-10,15H,2,11-14H2,1H3,(H,25,26). The van der Waals surface area contributed by atoms with Crippen molar-refractivity contribution >= 4 is 17.8 Å². The van der Waals surface area contributed by atoms with E-state index in [0.29, 0.717) is 49.2 Å². The molecule has 0 unspecified atom stereocenters. The van der Waals surface area contributed by atoms with Crippen molar-refractivity contribution in [1.29, 1.82) is 0 Å². The van der Waals surface area contributed by atoms with Crippen molar-refractivity contribution in [3.05, 3.63) is 59.7 Å². The van der Waals surface area contributed by atoms with Crippen molar-refractivity contribution in [2.45, 2.75) is 19.8 Å². The van der Waals surface area contributed by atoms with Crippen molar-refractivity contribution in [2.75, 3.05) is 19.7 Å². The molecule has 2 aromatic carbocycles. The van der Waals surface area contributed by atoms with Gasteiger partial charge in [-0.25, -0.2) is 4.79 Å². The average molecular weight is 381 g/mol. The van der Waals surface area contributed by atoms with Gasteiger partial charge in [0.25, 0.3) is 5.91 Å². The number of benzene rings is 2. The summed E-state index contributed by atoms with van der Waals surface area (Å²) in [7, 11) is 0. The number of amides is 1. The van der Waals surface area contributed by atoms with Gasteiger partial charge in [0.2, 0.25) is 0 Å². The molecule has 146 valence electrons. The lowest BCUT2D eigenvalue weighted by molar-refractivity contribution is -0.149. The van der Waals surface area contributed by atoms with Crippen molar-refractivity contribution in [2.24, 2.45) is 5.92 Å². The van der Waals surface area contributed by atoms with Crippen LogP contribution >= 0.6 is 0 Å². The van der Waals surface area contributed by atoms with E-state index in [2.05, 4.69) is 0 Å². The van der Waals surface area contributed by atoms with E-state index in [0.717, 1.165) is 0 Å². The van der Waals surface area contributed by atoms with Gasteiger partial charge >= 0.3 is 11.9 Å². The number of ether oxygens (including phenoxy) is 1. The fraction of sp³-hybridized carbons (Fsp3) is 0.318. The molecule has 6 nitrogen and oxygen atoms in total. The lowest BCUT2D eigenvalue weighted by Crippen LogP contribution is -2.40. The number of aromatic carboxylic acids is 1. The molecule has 1 saturated heterocycles. The fourth-order valence-electron chi connectivity index (χ4n) is 3.56. The zero-order chi connectivity index (χ0) is 20.1. The molecule has 0 bridgehead atoms. The largest absolute Gasteiger partial charge is 0.478 e. The summed E-state index contributed by atoms with van der Waals surface area (Å²) in [5, 5.41) is 9.49. The van der Waals surface area contributed by atoms with E-state index in [4.69, 9.17) is 4.74 Å². The molecule has 1 N–H and O–H groups in total. The van der Waals surface area contributed by atoms with Crippen LogP contribution in [0.3, 0.4) is 0 Å². The number of likely N-dealkylation sites (tertiary alicyclic amines) is 1. The molecular weight excluding hydrogens is 358 g/mol. The summed E-state index contributed by atoms with van der Waals surface area (Å²) in [4.78, 5) is 38.4. The van der Waals surface area contributed by atoms with Crippen molar-refractivity contribution in [3.63, 3.8) is 0 Å². The first-order valence-corrected chi connectivity index (χ1v) is 9.40. The quantitative estimate of drug-likeness (QED) is 0.802. The number of hydrogen-bond acceptors (Lipinski definition) is 4. The van der Waals surface area contributed by atoms with Crippen LogP contribution in [0.2, 0.25) is 0 Å². The molecule has 6 heteroatoms. The number of nitrogens with zero attached hydrogens (tertiary/aromatic N) is 1. The van der Waals surface area contributed by atoms with Gasteiger partial charge in [0.15, 0.2) is 0 Å². The summed E-state index contributed by atoms with van der Waals surface area (Å²) in [6, 6.07) is 13.7. The van der Waals surface area contributed by atoms with Gasteiger partial charge in [-0.15, -0.1) is 0 Å². The normalized spacial score (nSPS) is 14.5. The van der Waals surface area contributed by atoms with E-state index in [1.165, 1.54) is 6.07 Å². The third-order valence-electron chi connectivity index (χ3n) is 5.01. The van der Waals surface area contributed by atoms with Crippen LogP contribution in [-0.4, -0.2) is 47.5 Å². The molecule has 0 aromatic heterocycles. The van der Waals surface area contributed by atoms with Crippen LogP contribution in [0.4, 0.5) is 0 Å². The molecule has 0 spiro atoms. The summed E-state index contributed by atoms with van der Waals surface area (Å²) >= 11 is 0. The molecular formula is C22H23NO5. The van der Waals surface area contributed by atoms with Crippen LogP contribution < -0.4 is 0 Å². The van der Waals surface area contributed by atoms with E-state index in [-0.39, 0.29) is 23.4 Å². The maximum atomic E-state index is 13.1. The van der Waals surface area contributed by atoms with E-state index in [9.17, 15) is 19.5 Å². The minimum Gasteiger partial charge on any atom is -0.478 e. The Bertz CT molecular complexity index is 884. The Morgan fingerprint density at radius 3 is 2.07 bits per heavy atom. The minimum atomic E-state index is -1.03. The number of carbonyl (C=O) groups excluding carboxylic acids is 2. The summed E-state index contributed by atoms with van der Waals surface area (Å²) < 4.78 is 5.08. The van der Waals surface area contributed by atoms with E-state index < -0.39 is 5.97 Å². The molecule has 1 heterocycles. The zero-order valence-electron chi connectivity index (χ0n) is 15.8. The van der Waals surface area contributed by atoms with Gasteiger partial charge in [-0.2, -0.15) is 0 Å². The van der Waals surface area contributed by atoms with Gasteiger partial charge in [-0.3, -0.25) is 9.59 Å². The number of piperidine rings is 1. The predicted molar refractivity (Wildman–Crippen MR) is 104 cm³/mol. The molecule has 28 heavy (non-hydrogen) atoms. The van der Waals surface area contributed by atoms with Crippen LogP contribution in [0.15, 0.2) is 48.5 Å². The molecule has 0 aliphatic carbocycles. The number of carboxylic acid groups (broad SMARTS) is 1. The highest BCUT2D eigenvalue weighted by Gasteiger charge is 2.29. The molecule has 2 aromatic rings. The van der Waals surface area contributed by atoms with E-state index >= 15 is 0 Å². The summed E-state index contributed by atoms with van der Waals surface area (Å²) in [5.41, 5.74) is 1.73. The first-order valence-electron chi connectivity index (χ1n) is 9.40. The third kappa shape index (κ3) is 4.06. The van der Waals surface area contributed by atoms with Gasteiger partial charge in [-0.05, 0) is 43.0 Å². The van der Waals surface area contributed by atoms with Crippen LogP contribution in [0.25, 0.3) is 11.1 Å². The van der Waals surface area contributed by atoms with Gasteiger partial charge in [-0.1, -0.05) is 36.4 Å². The van der Waals surface area contributed by atoms with Gasteiger partial charge in [0, 0.05) is 18.7 Å². The minimum absolute atomic E-state index is 0.155. The van der Waals surface area contributed by atoms with Crippen LogP contribution in [-0.2, 0) is 9.53 Å². The molecule has 0 radical (unpaired) electrons. The molecule has 0 atom stereocenters. The second-order valence-corrected chi connectivity index (χ2v) is 6.71. The maximum Gasteiger partial charge on any atom is 0.336 e. The second kappa shape index (κ2) is 8.69. The SMILES string of the molecule is CCOC(=O)C1CCN(C(=O)c2ccccc2-c2ccccc2C(=O)O)CC1. The number of carboxylic acids is 1. The van der Waals surface area contributed by atoms with Gasteiger partial charge in [0.05, 0.1) is 18.1 Å². The summed E-state index contributed by atoms with van der Waals surface area (Å²) in [5.74, 6) is -1.57.